The highest BCUT2D eigenvalue weighted by atomic mass is 32.1. The average molecular weight is 310 g/mol. The van der Waals surface area contributed by atoms with Crippen LogP contribution in [0.15, 0.2) is 42.0 Å². The largest absolute Gasteiger partial charge is 0.355 e. The van der Waals surface area contributed by atoms with E-state index in [4.69, 9.17) is 10.7 Å². The van der Waals surface area contributed by atoms with E-state index in [0.717, 1.165) is 43.0 Å². The van der Waals surface area contributed by atoms with Crippen LogP contribution in [-0.4, -0.2) is 29.1 Å². The predicted octanol–water partition coefficient (Wildman–Crippen LogP) is 3.29. The quantitative estimate of drug-likeness (QED) is 0.789. The molecule has 0 amide bonds. The lowest BCUT2D eigenvalue weighted by atomic mass is 10.1. The minimum atomic E-state index is 0.327. The minimum absolute atomic E-state index is 0.327. The zero-order valence-electron chi connectivity index (χ0n) is 12.3. The molecule has 22 heavy (non-hydrogen) atoms. The first-order valence-electron chi connectivity index (χ1n) is 7.60. The fraction of sp³-hybridized carbons (Fsp3) is 0.294. The van der Waals surface area contributed by atoms with E-state index in [1.165, 1.54) is 10.1 Å². The summed E-state index contributed by atoms with van der Waals surface area (Å²) in [6.07, 6.45) is 5.73. The highest BCUT2D eigenvalue weighted by Gasteiger charge is 2.17. The Labute approximate surface area is 133 Å². The molecule has 2 N–H and O–H groups in total. The fourth-order valence-electron chi connectivity index (χ4n) is 2.90. The lowest BCUT2D eigenvalue weighted by Crippen LogP contribution is -2.40. The third kappa shape index (κ3) is 2.58. The molecule has 0 saturated carbocycles. The topological polar surface area (TPSA) is 55.0 Å². The first-order chi connectivity index (χ1) is 10.8. The third-order valence-electron chi connectivity index (χ3n) is 4.23. The van der Waals surface area contributed by atoms with Crippen molar-refractivity contribution in [2.45, 2.75) is 18.9 Å². The second-order valence-corrected chi connectivity index (χ2v) is 6.71. The van der Waals surface area contributed by atoms with Crippen LogP contribution in [0.2, 0.25) is 0 Å². The van der Waals surface area contributed by atoms with Crippen molar-refractivity contribution in [3.8, 4) is 11.3 Å². The van der Waals surface area contributed by atoms with E-state index < -0.39 is 0 Å². The predicted molar refractivity (Wildman–Crippen MR) is 92.3 cm³/mol. The standard InChI is InChI=1S/C17H18N4S/c18-14-3-6-21(7-4-14)17-11-19-10-15(20-17)12-1-2-16-13(9-12)5-8-22-16/h1-2,5,8-11,14H,3-4,6-7,18H2. The van der Waals surface area contributed by atoms with Gasteiger partial charge < -0.3 is 10.6 Å². The van der Waals surface area contributed by atoms with Gasteiger partial charge in [0.2, 0.25) is 0 Å². The zero-order chi connectivity index (χ0) is 14.9. The Bertz CT molecular complexity index is 790. The molecule has 0 atom stereocenters. The number of piperidine rings is 1. The minimum Gasteiger partial charge on any atom is -0.355 e. The van der Waals surface area contributed by atoms with Gasteiger partial charge in [-0.15, -0.1) is 11.3 Å². The van der Waals surface area contributed by atoms with Gasteiger partial charge in [-0.3, -0.25) is 4.98 Å². The molecule has 1 aliphatic heterocycles. The van der Waals surface area contributed by atoms with E-state index in [0.29, 0.717) is 6.04 Å². The molecule has 3 heterocycles. The molecule has 3 aromatic rings. The van der Waals surface area contributed by atoms with Gasteiger partial charge in [0.15, 0.2) is 0 Å². The van der Waals surface area contributed by atoms with Crippen LogP contribution in [0.5, 0.6) is 0 Å². The molecule has 0 unspecified atom stereocenters. The van der Waals surface area contributed by atoms with Crippen LogP contribution in [0.1, 0.15) is 12.8 Å². The van der Waals surface area contributed by atoms with Crippen molar-refractivity contribution in [1.29, 1.82) is 0 Å². The molecule has 4 rings (SSSR count). The van der Waals surface area contributed by atoms with Crippen molar-refractivity contribution in [2.24, 2.45) is 5.73 Å². The summed E-state index contributed by atoms with van der Waals surface area (Å²) in [6.45, 7) is 1.92. The number of nitrogens with zero attached hydrogens (tertiary/aromatic N) is 3. The Kier molecular flexibility index (Phi) is 3.52. The highest BCUT2D eigenvalue weighted by molar-refractivity contribution is 7.17. The van der Waals surface area contributed by atoms with Crippen molar-refractivity contribution in [3.05, 3.63) is 42.0 Å². The molecule has 4 nitrogen and oxygen atoms in total. The van der Waals surface area contributed by atoms with E-state index in [-0.39, 0.29) is 0 Å². The molecule has 0 aliphatic carbocycles. The first kappa shape index (κ1) is 13.7. The number of fused-ring (bicyclic) bond motifs is 1. The molecule has 1 aromatic carbocycles. The summed E-state index contributed by atoms with van der Waals surface area (Å²) in [4.78, 5) is 11.5. The van der Waals surface area contributed by atoms with Crippen molar-refractivity contribution in [2.75, 3.05) is 18.0 Å². The molecule has 5 heteroatoms. The molecule has 112 valence electrons. The highest BCUT2D eigenvalue weighted by Crippen LogP contribution is 2.27. The molecular formula is C17H18N4S. The summed E-state index contributed by atoms with van der Waals surface area (Å²) in [5.74, 6) is 0.954. The summed E-state index contributed by atoms with van der Waals surface area (Å²) in [7, 11) is 0. The normalized spacial score (nSPS) is 16.3. The number of aromatic nitrogens is 2. The lowest BCUT2D eigenvalue weighted by molar-refractivity contribution is 0.498. The van der Waals surface area contributed by atoms with Gasteiger partial charge >= 0.3 is 0 Å². The Hall–Kier alpha value is -1.98. The Balaban J connectivity index is 1.66. The van der Waals surface area contributed by atoms with Gasteiger partial charge in [0.25, 0.3) is 0 Å². The number of nitrogens with two attached hydrogens (primary N) is 1. The van der Waals surface area contributed by atoms with Gasteiger partial charge in [0.1, 0.15) is 5.82 Å². The van der Waals surface area contributed by atoms with Crippen molar-refractivity contribution in [1.82, 2.24) is 9.97 Å². The Morgan fingerprint density at radius 1 is 1.14 bits per heavy atom. The Morgan fingerprint density at radius 3 is 2.86 bits per heavy atom. The lowest BCUT2D eigenvalue weighted by Gasteiger charge is -2.30. The maximum Gasteiger partial charge on any atom is 0.147 e. The van der Waals surface area contributed by atoms with E-state index in [1.54, 1.807) is 11.3 Å². The fourth-order valence-corrected chi connectivity index (χ4v) is 3.67. The molecular weight excluding hydrogens is 292 g/mol. The first-order valence-corrected chi connectivity index (χ1v) is 8.48. The van der Waals surface area contributed by atoms with E-state index >= 15 is 0 Å². The van der Waals surface area contributed by atoms with Crippen LogP contribution in [0.3, 0.4) is 0 Å². The number of rotatable bonds is 2. The average Bonchev–Trinajstić information content (AvgIpc) is 3.03. The van der Waals surface area contributed by atoms with Crippen molar-refractivity contribution < 1.29 is 0 Å². The molecule has 1 aliphatic rings. The van der Waals surface area contributed by atoms with Gasteiger partial charge in [0.05, 0.1) is 18.1 Å². The second-order valence-electron chi connectivity index (χ2n) is 5.76. The number of hydrogen-bond donors (Lipinski definition) is 1. The number of thiophene rings is 1. The molecule has 0 radical (unpaired) electrons. The van der Waals surface area contributed by atoms with Crippen molar-refractivity contribution in [3.63, 3.8) is 0 Å². The van der Waals surface area contributed by atoms with Gasteiger partial charge in [-0.1, -0.05) is 6.07 Å². The maximum absolute atomic E-state index is 5.98. The molecule has 0 bridgehead atoms. The van der Waals surface area contributed by atoms with Crippen molar-refractivity contribution >= 4 is 27.2 Å². The SMILES string of the molecule is NC1CCN(c2cncc(-c3ccc4sccc4c3)n2)CC1. The van der Waals surface area contributed by atoms with E-state index in [9.17, 15) is 0 Å². The number of hydrogen-bond acceptors (Lipinski definition) is 5. The summed E-state index contributed by atoms with van der Waals surface area (Å²) < 4.78 is 1.30. The summed E-state index contributed by atoms with van der Waals surface area (Å²) >= 11 is 1.76. The zero-order valence-corrected chi connectivity index (χ0v) is 13.1. The van der Waals surface area contributed by atoms with Crippen LogP contribution in [0.25, 0.3) is 21.3 Å². The van der Waals surface area contributed by atoms with Crippen LogP contribution < -0.4 is 10.6 Å². The van der Waals surface area contributed by atoms with Gasteiger partial charge in [-0.25, -0.2) is 4.98 Å². The molecule has 0 spiro atoms. The van der Waals surface area contributed by atoms with Gasteiger partial charge in [-0.05, 0) is 41.8 Å². The third-order valence-corrected chi connectivity index (χ3v) is 5.13. The van der Waals surface area contributed by atoms with Crippen LogP contribution >= 0.6 is 11.3 Å². The molecule has 2 aromatic heterocycles. The number of anilines is 1. The summed E-state index contributed by atoms with van der Waals surface area (Å²) in [5.41, 5.74) is 8.03. The van der Waals surface area contributed by atoms with Crippen LogP contribution in [0.4, 0.5) is 5.82 Å². The smallest absolute Gasteiger partial charge is 0.147 e. The second kappa shape index (κ2) is 5.66. The molecule has 1 saturated heterocycles. The summed E-state index contributed by atoms with van der Waals surface area (Å²) in [6, 6.07) is 8.94. The monoisotopic (exact) mass is 310 g/mol. The maximum atomic E-state index is 5.98. The van der Waals surface area contributed by atoms with Gasteiger partial charge in [0, 0.05) is 29.4 Å². The van der Waals surface area contributed by atoms with Gasteiger partial charge in [-0.2, -0.15) is 0 Å². The van der Waals surface area contributed by atoms with Crippen LogP contribution in [-0.2, 0) is 0 Å². The summed E-state index contributed by atoms with van der Waals surface area (Å²) in [5, 5.41) is 3.38. The van der Waals surface area contributed by atoms with E-state index in [2.05, 4.69) is 39.5 Å². The Morgan fingerprint density at radius 2 is 2.00 bits per heavy atom. The molecule has 1 fully saturated rings. The van der Waals surface area contributed by atoms with E-state index in [1.807, 2.05) is 12.4 Å². The van der Waals surface area contributed by atoms with Crippen LogP contribution in [0, 0.1) is 0 Å². The number of benzene rings is 1.